The molecular weight excluding hydrogens is 216 g/mol. The Morgan fingerprint density at radius 1 is 1.60 bits per heavy atom. The lowest BCUT2D eigenvalue weighted by molar-refractivity contribution is 0.171. The van der Waals surface area contributed by atoms with Gasteiger partial charge in [-0.25, -0.2) is 4.98 Å². The molecule has 0 saturated carbocycles. The summed E-state index contributed by atoms with van der Waals surface area (Å²) in [7, 11) is 1.58. The fourth-order valence-electron chi connectivity index (χ4n) is 1.34. The van der Waals surface area contributed by atoms with Gasteiger partial charge in [0.05, 0.1) is 11.6 Å². The summed E-state index contributed by atoms with van der Waals surface area (Å²) in [5, 5.41) is 0.538. The normalized spacial score (nSPS) is 13.3. The number of ether oxygens (including phenoxy) is 1. The van der Waals surface area contributed by atoms with Crippen LogP contribution in [0.1, 0.15) is 11.9 Å². The zero-order valence-corrected chi connectivity index (χ0v) is 8.99. The summed E-state index contributed by atoms with van der Waals surface area (Å²) in [4.78, 5) is 4.24. The van der Waals surface area contributed by atoms with Crippen molar-refractivity contribution in [3.8, 4) is 0 Å². The molecule has 80 valence electrons. The van der Waals surface area contributed by atoms with E-state index in [-0.39, 0.29) is 6.04 Å². The number of nitrogens with zero attached hydrogens (tertiary/aromatic N) is 1. The lowest BCUT2D eigenvalue weighted by atomic mass is 10.3. The number of hydrogen-bond donors (Lipinski definition) is 1. The van der Waals surface area contributed by atoms with Crippen LogP contribution in [0.25, 0.3) is 11.1 Å². The van der Waals surface area contributed by atoms with Gasteiger partial charge in [0, 0.05) is 7.11 Å². The van der Waals surface area contributed by atoms with Gasteiger partial charge in [0.25, 0.3) is 0 Å². The zero-order valence-electron chi connectivity index (χ0n) is 8.24. The van der Waals surface area contributed by atoms with Gasteiger partial charge in [0.1, 0.15) is 11.6 Å². The maximum Gasteiger partial charge on any atom is 0.214 e. The van der Waals surface area contributed by atoms with Gasteiger partial charge in [-0.3, -0.25) is 0 Å². The van der Waals surface area contributed by atoms with Crippen LogP contribution in [0.3, 0.4) is 0 Å². The number of halogens is 1. The minimum absolute atomic E-state index is 0.363. The van der Waals surface area contributed by atoms with Gasteiger partial charge in [0.2, 0.25) is 5.89 Å². The molecule has 2 N–H and O–H groups in total. The first-order valence-electron chi connectivity index (χ1n) is 4.52. The molecule has 4 nitrogen and oxygen atoms in total. The molecule has 1 unspecified atom stereocenters. The standard InChI is InChI=1S/C10H11ClN2O2/c1-14-5-7(12)10-13-8-4-2-3-6(11)9(8)15-10/h2-4,7H,5,12H2,1H3. The van der Waals surface area contributed by atoms with Crippen LogP contribution < -0.4 is 5.73 Å². The van der Waals surface area contributed by atoms with E-state index in [1.807, 2.05) is 12.1 Å². The van der Waals surface area contributed by atoms with Crippen molar-refractivity contribution in [1.29, 1.82) is 0 Å². The van der Waals surface area contributed by atoms with Gasteiger partial charge >= 0.3 is 0 Å². The second kappa shape index (κ2) is 4.18. The lowest BCUT2D eigenvalue weighted by Gasteiger charge is -2.03. The Hall–Kier alpha value is -1.10. The van der Waals surface area contributed by atoms with Gasteiger partial charge in [0.15, 0.2) is 5.58 Å². The molecule has 0 fully saturated rings. The van der Waals surface area contributed by atoms with E-state index in [1.165, 1.54) is 0 Å². The molecule has 0 amide bonds. The quantitative estimate of drug-likeness (QED) is 0.871. The summed E-state index contributed by atoms with van der Waals surface area (Å²) in [6.07, 6.45) is 0. The molecule has 1 aromatic carbocycles. The van der Waals surface area contributed by atoms with Crippen LogP contribution in [0.15, 0.2) is 22.6 Å². The Morgan fingerprint density at radius 3 is 3.07 bits per heavy atom. The average Bonchev–Trinajstić information content (AvgIpc) is 2.63. The molecular formula is C10H11ClN2O2. The Kier molecular flexibility index (Phi) is 2.90. The highest BCUT2D eigenvalue weighted by molar-refractivity contribution is 6.34. The van der Waals surface area contributed by atoms with Crippen molar-refractivity contribution in [2.45, 2.75) is 6.04 Å². The summed E-state index contributed by atoms with van der Waals surface area (Å²) >= 11 is 5.95. The number of methoxy groups -OCH3 is 1. The number of hydrogen-bond acceptors (Lipinski definition) is 4. The van der Waals surface area contributed by atoms with Gasteiger partial charge < -0.3 is 14.9 Å². The Bertz CT molecular complexity index is 469. The van der Waals surface area contributed by atoms with Gasteiger partial charge in [-0.2, -0.15) is 0 Å². The molecule has 1 heterocycles. The third-order valence-corrected chi connectivity index (χ3v) is 2.34. The molecule has 2 rings (SSSR count). The van der Waals surface area contributed by atoms with Crippen molar-refractivity contribution in [2.75, 3.05) is 13.7 Å². The van der Waals surface area contributed by atoms with E-state index in [1.54, 1.807) is 13.2 Å². The molecule has 0 aliphatic carbocycles. The van der Waals surface area contributed by atoms with Gasteiger partial charge in [-0.1, -0.05) is 17.7 Å². The molecule has 1 aromatic heterocycles. The Morgan fingerprint density at radius 2 is 2.40 bits per heavy atom. The van der Waals surface area contributed by atoms with Crippen molar-refractivity contribution in [2.24, 2.45) is 5.73 Å². The van der Waals surface area contributed by atoms with Crippen LogP contribution in [0, 0.1) is 0 Å². The van der Waals surface area contributed by atoms with Crippen molar-refractivity contribution in [3.05, 3.63) is 29.1 Å². The van der Waals surface area contributed by atoms with Crippen LogP contribution in [-0.4, -0.2) is 18.7 Å². The molecule has 1 atom stereocenters. The third kappa shape index (κ3) is 1.97. The highest BCUT2D eigenvalue weighted by Crippen LogP contribution is 2.25. The number of aromatic nitrogens is 1. The van der Waals surface area contributed by atoms with Crippen LogP contribution >= 0.6 is 11.6 Å². The van der Waals surface area contributed by atoms with E-state index in [9.17, 15) is 0 Å². The van der Waals surface area contributed by atoms with Crippen LogP contribution in [0.5, 0.6) is 0 Å². The second-order valence-electron chi connectivity index (χ2n) is 3.20. The number of nitrogens with two attached hydrogens (primary N) is 1. The predicted octanol–water partition coefficient (Wildman–Crippen LogP) is 2.13. The number of benzene rings is 1. The van der Waals surface area contributed by atoms with Gasteiger partial charge in [-0.05, 0) is 12.1 Å². The smallest absolute Gasteiger partial charge is 0.214 e. The van der Waals surface area contributed by atoms with E-state index >= 15 is 0 Å². The zero-order chi connectivity index (χ0) is 10.8. The summed E-state index contributed by atoms with van der Waals surface area (Å²) in [5.74, 6) is 0.444. The largest absolute Gasteiger partial charge is 0.437 e. The third-order valence-electron chi connectivity index (χ3n) is 2.05. The van der Waals surface area contributed by atoms with Crippen LogP contribution in [0.2, 0.25) is 5.02 Å². The van der Waals surface area contributed by atoms with E-state index in [2.05, 4.69) is 4.98 Å². The first-order valence-corrected chi connectivity index (χ1v) is 4.89. The number of para-hydroxylation sites is 1. The molecule has 0 spiro atoms. The topological polar surface area (TPSA) is 61.3 Å². The predicted molar refractivity (Wildman–Crippen MR) is 57.8 cm³/mol. The highest BCUT2D eigenvalue weighted by atomic mass is 35.5. The molecule has 0 aliphatic rings. The maximum absolute atomic E-state index is 5.95. The van der Waals surface area contributed by atoms with E-state index in [0.717, 1.165) is 0 Å². The lowest BCUT2D eigenvalue weighted by Crippen LogP contribution is -2.16. The van der Waals surface area contributed by atoms with Crippen molar-refractivity contribution in [3.63, 3.8) is 0 Å². The van der Waals surface area contributed by atoms with Gasteiger partial charge in [-0.15, -0.1) is 0 Å². The maximum atomic E-state index is 5.95. The Labute approximate surface area is 92.0 Å². The SMILES string of the molecule is COCC(N)c1nc2cccc(Cl)c2o1. The molecule has 0 aliphatic heterocycles. The number of fused-ring (bicyclic) bond motifs is 1. The molecule has 15 heavy (non-hydrogen) atoms. The molecule has 5 heteroatoms. The number of oxazole rings is 1. The summed E-state index contributed by atoms with van der Waals surface area (Å²) in [6.45, 7) is 0.366. The molecule has 0 saturated heterocycles. The monoisotopic (exact) mass is 226 g/mol. The second-order valence-corrected chi connectivity index (χ2v) is 3.61. The fraction of sp³-hybridized carbons (Fsp3) is 0.300. The first-order chi connectivity index (χ1) is 7.22. The van der Waals surface area contributed by atoms with E-state index in [4.69, 9.17) is 26.5 Å². The minimum Gasteiger partial charge on any atom is -0.437 e. The number of rotatable bonds is 3. The molecule has 0 bridgehead atoms. The minimum atomic E-state index is -0.363. The average molecular weight is 227 g/mol. The fourth-order valence-corrected chi connectivity index (χ4v) is 1.55. The molecule has 2 aromatic rings. The summed E-state index contributed by atoms with van der Waals surface area (Å²) < 4.78 is 10.4. The van der Waals surface area contributed by atoms with Crippen LogP contribution in [0.4, 0.5) is 0 Å². The molecule has 0 radical (unpaired) electrons. The van der Waals surface area contributed by atoms with Crippen molar-refractivity contribution >= 4 is 22.7 Å². The first kappa shape index (κ1) is 10.4. The van der Waals surface area contributed by atoms with E-state index < -0.39 is 0 Å². The van der Waals surface area contributed by atoms with Crippen molar-refractivity contribution < 1.29 is 9.15 Å². The van der Waals surface area contributed by atoms with E-state index in [0.29, 0.717) is 28.6 Å². The summed E-state index contributed by atoms with van der Waals surface area (Å²) in [5.41, 5.74) is 7.08. The highest BCUT2D eigenvalue weighted by Gasteiger charge is 2.14. The van der Waals surface area contributed by atoms with Crippen molar-refractivity contribution in [1.82, 2.24) is 4.98 Å². The summed E-state index contributed by atoms with van der Waals surface area (Å²) in [6, 6.07) is 5.03. The van der Waals surface area contributed by atoms with Crippen LogP contribution in [-0.2, 0) is 4.74 Å². The Balaban J connectivity index is 2.43.